The van der Waals surface area contributed by atoms with Gasteiger partial charge in [-0.25, -0.2) is 0 Å². The maximum atomic E-state index is 6.93. The first-order valence-corrected chi connectivity index (χ1v) is 14.2. The van der Waals surface area contributed by atoms with E-state index in [4.69, 9.17) is 11.6 Å². The summed E-state index contributed by atoms with van der Waals surface area (Å²) in [6, 6.07) is 27.2. The highest BCUT2D eigenvalue weighted by molar-refractivity contribution is 9.10. The van der Waals surface area contributed by atoms with Crippen LogP contribution in [0.4, 0.5) is 0 Å². The lowest BCUT2D eigenvalue weighted by Gasteiger charge is -2.14. The van der Waals surface area contributed by atoms with E-state index in [1.54, 1.807) is 0 Å². The quantitative estimate of drug-likeness (QED) is 0.184. The van der Waals surface area contributed by atoms with Gasteiger partial charge in [0.25, 0.3) is 0 Å². The minimum atomic E-state index is 0.785. The topological polar surface area (TPSA) is 0 Å². The Labute approximate surface area is 234 Å². The van der Waals surface area contributed by atoms with Crippen molar-refractivity contribution in [2.45, 2.75) is 27.7 Å². The van der Waals surface area contributed by atoms with Crippen LogP contribution in [0, 0.1) is 27.7 Å². The maximum absolute atomic E-state index is 6.93. The SMILES string of the molecule is Cc1cc(C)cc(-c2c3cc(Cl)cc4c5c(C)cc(C)cc5c(c34)c3c4ccc(Br)c5cccc(c23)c54)c1. The molecule has 0 spiro atoms. The largest absolute Gasteiger partial charge is 0.0843 e. The molecule has 0 fully saturated rings. The molecule has 182 valence electrons. The van der Waals surface area contributed by atoms with Gasteiger partial charge in [0.05, 0.1) is 0 Å². The molecule has 0 aliphatic rings. The highest BCUT2D eigenvalue weighted by atomic mass is 79.9. The Hall–Kier alpha value is -3.39. The first-order valence-electron chi connectivity index (χ1n) is 13.1. The van der Waals surface area contributed by atoms with Gasteiger partial charge < -0.3 is 0 Å². The molecule has 0 aromatic heterocycles. The number of hydrogen-bond acceptors (Lipinski definition) is 0. The number of fused-ring (bicyclic) bond motifs is 7. The fourth-order valence-electron chi connectivity index (χ4n) is 7.32. The summed E-state index contributed by atoms with van der Waals surface area (Å²) >= 11 is 10.8. The molecule has 0 bridgehead atoms. The van der Waals surface area contributed by atoms with E-state index in [2.05, 4.69) is 116 Å². The van der Waals surface area contributed by atoms with Crippen LogP contribution in [-0.4, -0.2) is 0 Å². The van der Waals surface area contributed by atoms with Gasteiger partial charge in [-0.3, -0.25) is 0 Å². The predicted molar refractivity (Wildman–Crippen MR) is 171 cm³/mol. The third-order valence-corrected chi connectivity index (χ3v) is 9.34. The summed E-state index contributed by atoms with van der Waals surface area (Å²) in [4.78, 5) is 0. The summed E-state index contributed by atoms with van der Waals surface area (Å²) in [5.41, 5.74) is 7.68. The van der Waals surface area contributed by atoms with Crippen LogP contribution in [0.2, 0.25) is 5.02 Å². The molecular formula is C36H24BrCl. The number of rotatable bonds is 1. The van der Waals surface area contributed by atoms with Crippen molar-refractivity contribution in [1.82, 2.24) is 0 Å². The Morgan fingerprint density at radius 1 is 0.500 bits per heavy atom. The van der Waals surface area contributed by atoms with Gasteiger partial charge >= 0.3 is 0 Å². The van der Waals surface area contributed by atoms with Crippen LogP contribution in [0.1, 0.15) is 22.3 Å². The molecular weight excluding hydrogens is 548 g/mol. The van der Waals surface area contributed by atoms with E-state index < -0.39 is 0 Å². The van der Waals surface area contributed by atoms with E-state index in [0.29, 0.717) is 0 Å². The molecule has 2 heteroatoms. The molecule has 0 N–H and O–H groups in total. The van der Waals surface area contributed by atoms with Crippen molar-refractivity contribution in [1.29, 1.82) is 0 Å². The zero-order valence-electron chi connectivity index (χ0n) is 21.7. The summed E-state index contributed by atoms with van der Waals surface area (Å²) in [6.45, 7) is 8.83. The molecule has 0 atom stereocenters. The summed E-state index contributed by atoms with van der Waals surface area (Å²) in [6.07, 6.45) is 0. The molecule has 38 heavy (non-hydrogen) atoms. The van der Waals surface area contributed by atoms with Crippen LogP contribution in [0.5, 0.6) is 0 Å². The average Bonchev–Trinajstić information content (AvgIpc) is 3.35. The second kappa shape index (κ2) is 7.59. The Morgan fingerprint density at radius 2 is 1.13 bits per heavy atom. The van der Waals surface area contributed by atoms with Crippen molar-refractivity contribution in [3.05, 3.63) is 105 Å². The van der Waals surface area contributed by atoms with Crippen molar-refractivity contribution in [3.63, 3.8) is 0 Å². The lowest BCUT2D eigenvalue weighted by atomic mass is 9.89. The van der Waals surface area contributed by atoms with Crippen LogP contribution in [0.15, 0.2) is 77.3 Å². The Morgan fingerprint density at radius 3 is 1.92 bits per heavy atom. The minimum Gasteiger partial charge on any atom is -0.0843 e. The van der Waals surface area contributed by atoms with Crippen molar-refractivity contribution in [2.75, 3.05) is 0 Å². The summed E-state index contributed by atoms with van der Waals surface area (Å²) < 4.78 is 1.13. The summed E-state index contributed by atoms with van der Waals surface area (Å²) in [5.74, 6) is 0. The lowest BCUT2D eigenvalue weighted by Crippen LogP contribution is -1.88. The smallest absolute Gasteiger partial charge is 0.0418 e. The van der Waals surface area contributed by atoms with Gasteiger partial charge in [-0.2, -0.15) is 0 Å². The van der Waals surface area contributed by atoms with Crippen molar-refractivity contribution >= 4 is 92.2 Å². The van der Waals surface area contributed by atoms with Gasteiger partial charge in [-0.05, 0) is 127 Å². The van der Waals surface area contributed by atoms with Crippen LogP contribution < -0.4 is 0 Å². The molecule has 8 aromatic carbocycles. The minimum absolute atomic E-state index is 0.785. The molecule has 8 rings (SSSR count). The van der Waals surface area contributed by atoms with E-state index in [9.17, 15) is 0 Å². The van der Waals surface area contributed by atoms with Gasteiger partial charge in [0, 0.05) is 9.50 Å². The van der Waals surface area contributed by atoms with Crippen molar-refractivity contribution in [2.24, 2.45) is 0 Å². The third-order valence-electron chi connectivity index (χ3n) is 8.43. The molecule has 0 saturated heterocycles. The lowest BCUT2D eigenvalue weighted by molar-refractivity contribution is 1.39. The molecule has 0 amide bonds. The molecule has 0 saturated carbocycles. The Kier molecular flexibility index (Phi) is 4.51. The highest BCUT2D eigenvalue weighted by Gasteiger charge is 2.26. The molecule has 0 radical (unpaired) electrons. The Balaban J connectivity index is 1.82. The molecule has 8 aromatic rings. The highest BCUT2D eigenvalue weighted by Crippen LogP contribution is 2.54. The normalized spacial score (nSPS) is 12.5. The molecule has 0 aliphatic heterocycles. The first-order chi connectivity index (χ1) is 18.3. The predicted octanol–water partition coefficient (Wildman–Crippen LogP) is 11.8. The second-order valence-corrected chi connectivity index (χ2v) is 12.4. The van der Waals surface area contributed by atoms with Crippen molar-refractivity contribution in [3.8, 4) is 11.1 Å². The third kappa shape index (κ3) is 2.81. The monoisotopic (exact) mass is 570 g/mol. The van der Waals surface area contributed by atoms with Gasteiger partial charge in [-0.15, -0.1) is 0 Å². The van der Waals surface area contributed by atoms with Crippen LogP contribution >= 0.6 is 27.5 Å². The van der Waals surface area contributed by atoms with Crippen LogP contribution in [0.3, 0.4) is 0 Å². The van der Waals surface area contributed by atoms with Gasteiger partial charge in [0.1, 0.15) is 0 Å². The molecule has 0 unspecified atom stereocenters. The average molecular weight is 572 g/mol. The first kappa shape index (κ1) is 22.6. The van der Waals surface area contributed by atoms with Gasteiger partial charge in [0.15, 0.2) is 0 Å². The summed E-state index contributed by atoms with van der Waals surface area (Å²) in [5, 5.41) is 16.5. The fraction of sp³-hybridized carbons (Fsp3) is 0.111. The summed E-state index contributed by atoms with van der Waals surface area (Å²) in [7, 11) is 0. The second-order valence-electron chi connectivity index (χ2n) is 11.1. The number of aryl methyl sites for hydroxylation is 4. The van der Waals surface area contributed by atoms with Crippen LogP contribution in [-0.2, 0) is 0 Å². The number of benzene rings is 6. The molecule has 0 heterocycles. The maximum Gasteiger partial charge on any atom is 0.0418 e. The van der Waals surface area contributed by atoms with E-state index >= 15 is 0 Å². The zero-order valence-corrected chi connectivity index (χ0v) is 24.0. The fourth-order valence-corrected chi connectivity index (χ4v) is 8.00. The Bertz CT molecular complexity index is 2270. The standard InChI is InChI=1S/C36H24BrCl/c1-17-10-18(2)13-21(12-17)31-28-16-22(38)15-27-30-20(4)11-19(3)14-26(30)36(33(27)28)35-25-8-9-29(37)23-6-5-7-24(32(23)25)34(31)35/h5-16H,1-4H3. The van der Waals surface area contributed by atoms with Crippen LogP contribution in [0.25, 0.3) is 75.8 Å². The molecule has 0 nitrogen and oxygen atoms in total. The van der Waals surface area contributed by atoms with E-state index in [1.165, 1.54) is 98.0 Å². The van der Waals surface area contributed by atoms with Gasteiger partial charge in [0.2, 0.25) is 0 Å². The van der Waals surface area contributed by atoms with Crippen molar-refractivity contribution < 1.29 is 0 Å². The van der Waals surface area contributed by atoms with Gasteiger partial charge in [-0.1, -0.05) is 98.8 Å². The van der Waals surface area contributed by atoms with E-state index in [0.717, 1.165) is 9.50 Å². The zero-order chi connectivity index (χ0) is 26.0. The van der Waals surface area contributed by atoms with E-state index in [-0.39, 0.29) is 0 Å². The number of halogens is 2. The number of hydrogen-bond donors (Lipinski definition) is 0. The molecule has 0 aliphatic carbocycles. The van der Waals surface area contributed by atoms with E-state index in [1.807, 2.05) is 0 Å².